The van der Waals surface area contributed by atoms with E-state index in [-0.39, 0.29) is 0 Å². The van der Waals surface area contributed by atoms with Gasteiger partial charge in [0.15, 0.2) is 0 Å². The molecule has 0 unspecified atom stereocenters. The molecule has 0 saturated carbocycles. The molecule has 0 aliphatic carbocycles. The predicted octanol–water partition coefficient (Wildman–Crippen LogP) is 3.85. The highest BCUT2D eigenvalue weighted by molar-refractivity contribution is 5.44. The van der Waals surface area contributed by atoms with Crippen molar-refractivity contribution in [1.29, 1.82) is 0 Å². The van der Waals surface area contributed by atoms with Gasteiger partial charge in [0, 0.05) is 12.2 Å². The normalized spacial score (nSPS) is 10.1. The third kappa shape index (κ3) is 3.82. The molecule has 1 aromatic rings. The summed E-state index contributed by atoms with van der Waals surface area (Å²) in [5, 5.41) is 3.38. The van der Waals surface area contributed by atoms with Crippen molar-refractivity contribution < 1.29 is 0 Å². The highest BCUT2D eigenvalue weighted by atomic mass is 14.9. The van der Waals surface area contributed by atoms with Crippen molar-refractivity contribution in [2.24, 2.45) is 0 Å². The van der Waals surface area contributed by atoms with Crippen LogP contribution < -0.4 is 5.32 Å². The van der Waals surface area contributed by atoms with E-state index in [0.29, 0.717) is 0 Å². The molecule has 1 aromatic carbocycles. The van der Waals surface area contributed by atoms with Crippen LogP contribution in [0.2, 0.25) is 0 Å². The van der Waals surface area contributed by atoms with Gasteiger partial charge >= 0.3 is 0 Å². The predicted molar refractivity (Wildman–Crippen MR) is 63.8 cm³/mol. The Bertz CT molecular complexity index is 211. The Kier molecular flexibility index (Phi) is 5.13. The van der Waals surface area contributed by atoms with Gasteiger partial charge < -0.3 is 5.32 Å². The highest BCUT2D eigenvalue weighted by Gasteiger charge is 1.93. The molecule has 0 radical (unpaired) electrons. The second-order valence-corrected chi connectivity index (χ2v) is 3.73. The summed E-state index contributed by atoms with van der Waals surface area (Å²) in [6.45, 7) is 5.48. The molecule has 0 aliphatic heterocycles. The topological polar surface area (TPSA) is 12.0 Å². The number of anilines is 1. The third-order valence-electron chi connectivity index (χ3n) is 2.35. The van der Waals surface area contributed by atoms with Gasteiger partial charge in [-0.15, -0.1) is 0 Å². The van der Waals surface area contributed by atoms with Crippen LogP contribution in [0.5, 0.6) is 0 Å². The van der Waals surface area contributed by atoms with Crippen LogP contribution in [0.15, 0.2) is 24.3 Å². The van der Waals surface area contributed by atoms with Gasteiger partial charge in [-0.2, -0.15) is 0 Å². The smallest absolute Gasteiger partial charge is 0.0340 e. The van der Waals surface area contributed by atoms with Crippen LogP contribution in [-0.4, -0.2) is 6.54 Å². The van der Waals surface area contributed by atoms with Gasteiger partial charge in [-0.25, -0.2) is 0 Å². The van der Waals surface area contributed by atoms with Crippen molar-refractivity contribution in [2.75, 3.05) is 11.9 Å². The number of unbranched alkanes of at least 4 members (excludes halogenated alkanes) is 1. The van der Waals surface area contributed by atoms with E-state index in [1.54, 1.807) is 0 Å². The largest absolute Gasteiger partial charge is 0.385 e. The molecule has 14 heavy (non-hydrogen) atoms. The Morgan fingerprint density at radius 1 is 1.00 bits per heavy atom. The maximum Gasteiger partial charge on any atom is 0.0340 e. The molecule has 1 rings (SSSR count). The molecule has 0 saturated heterocycles. The van der Waals surface area contributed by atoms with Crippen LogP contribution in [0.4, 0.5) is 5.69 Å². The van der Waals surface area contributed by atoms with Gasteiger partial charge in [0.1, 0.15) is 0 Å². The minimum Gasteiger partial charge on any atom is -0.385 e. The number of hydrogen-bond donors (Lipinski definition) is 1. The van der Waals surface area contributed by atoms with Gasteiger partial charge in [-0.05, 0) is 37.0 Å². The average molecular weight is 191 g/mol. The lowest BCUT2D eigenvalue weighted by Gasteiger charge is -2.05. The minimum absolute atomic E-state index is 1.06. The van der Waals surface area contributed by atoms with Gasteiger partial charge in [0.25, 0.3) is 0 Å². The molecule has 78 valence electrons. The molecule has 0 aliphatic rings. The maximum absolute atomic E-state index is 3.38. The molecular weight excluding hydrogens is 170 g/mol. The lowest BCUT2D eigenvalue weighted by Crippen LogP contribution is -1.99. The summed E-state index contributed by atoms with van der Waals surface area (Å²) in [7, 11) is 0. The van der Waals surface area contributed by atoms with E-state index in [0.717, 1.165) is 6.54 Å². The minimum atomic E-state index is 1.06. The fourth-order valence-corrected chi connectivity index (χ4v) is 1.44. The molecule has 1 heteroatoms. The lowest BCUT2D eigenvalue weighted by molar-refractivity contribution is 0.795. The molecule has 0 bridgehead atoms. The quantitative estimate of drug-likeness (QED) is 0.720. The first kappa shape index (κ1) is 11.1. The molecule has 1 N–H and O–H groups in total. The van der Waals surface area contributed by atoms with Crippen LogP contribution in [0.25, 0.3) is 0 Å². The van der Waals surface area contributed by atoms with Gasteiger partial charge in [-0.1, -0.05) is 32.4 Å². The van der Waals surface area contributed by atoms with E-state index in [9.17, 15) is 0 Å². The molecule has 0 amide bonds. The zero-order chi connectivity index (χ0) is 10.2. The molecule has 0 fully saturated rings. The Morgan fingerprint density at radius 3 is 2.29 bits per heavy atom. The van der Waals surface area contributed by atoms with E-state index < -0.39 is 0 Å². The van der Waals surface area contributed by atoms with Crippen molar-refractivity contribution >= 4 is 5.69 Å². The zero-order valence-corrected chi connectivity index (χ0v) is 9.34. The van der Waals surface area contributed by atoms with Crippen molar-refractivity contribution in [3.63, 3.8) is 0 Å². The highest BCUT2D eigenvalue weighted by Crippen LogP contribution is 2.11. The molecule has 1 nitrogen and oxygen atoms in total. The third-order valence-corrected chi connectivity index (χ3v) is 2.35. The number of hydrogen-bond acceptors (Lipinski definition) is 1. The van der Waals surface area contributed by atoms with Crippen LogP contribution in [0, 0.1) is 0 Å². The van der Waals surface area contributed by atoms with Gasteiger partial charge in [-0.3, -0.25) is 0 Å². The average Bonchev–Trinajstić information content (AvgIpc) is 2.25. The molecular formula is C13H21N. The second kappa shape index (κ2) is 6.47. The van der Waals surface area contributed by atoms with Crippen LogP contribution in [0.1, 0.15) is 38.7 Å². The van der Waals surface area contributed by atoms with Crippen molar-refractivity contribution in [3.05, 3.63) is 29.8 Å². The number of rotatable bonds is 6. The van der Waals surface area contributed by atoms with Crippen LogP contribution in [-0.2, 0) is 6.42 Å². The van der Waals surface area contributed by atoms with Crippen molar-refractivity contribution in [3.8, 4) is 0 Å². The lowest BCUT2D eigenvalue weighted by atomic mass is 10.1. The van der Waals surface area contributed by atoms with E-state index >= 15 is 0 Å². The monoisotopic (exact) mass is 191 g/mol. The number of aryl methyl sites for hydroxylation is 1. The Morgan fingerprint density at radius 2 is 1.71 bits per heavy atom. The second-order valence-electron chi connectivity index (χ2n) is 3.73. The first-order valence-corrected chi connectivity index (χ1v) is 5.69. The van der Waals surface area contributed by atoms with E-state index in [1.165, 1.54) is 36.9 Å². The Balaban J connectivity index is 2.42. The van der Waals surface area contributed by atoms with Crippen LogP contribution >= 0.6 is 0 Å². The molecule has 0 heterocycles. The molecule has 0 atom stereocenters. The van der Waals surface area contributed by atoms with Gasteiger partial charge in [0.05, 0.1) is 0 Å². The summed E-state index contributed by atoms with van der Waals surface area (Å²) in [6, 6.07) is 8.82. The van der Waals surface area contributed by atoms with E-state index in [4.69, 9.17) is 0 Å². The summed E-state index contributed by atoms with van der Waals surface area (Å²) < 4.78 is 0. The summed E-state index contributed by atoms with van der Waals surface area (Å²) >= 11 is 0. The maximum atomic E-state index is 3.38. The number of benzene rings is 1. The van der Waals surface area contributed by atoms with E-state index in [2.05, 4.69) is 43.4 Å². The van der Waals surface area contributed by atoms with Crippen LogP contribution in [0.3, 0.4) is 0 Å². The first-order valence-electron chi connectivity index (χ1n) is 5.69. The fraction of sp³-hybridized carbons (Fsp3) is 0.538. The Hall–Kier alpha value is -0.980. The molecule has 0 spiro atoms. The van der Waals surface area contributed by atoms with Crippen molar-refractivity contribution in [1.82, 2.24) is 0 Å². The Labute approximate surface area is 87.5 Å². The van der Waals surface area contributed by atoms with Crippen molar-refractivity contribution in [2.45, 2.75) is 39.5 Å². The SMILES string of the molecule is CCCCc1ccc(NCCC)cc1. The summed E-state index contributed by atoms with van der Waals surface area (Å²) in [5.74, 6) is 0. The standard InChI is InChI=1S/C13H21N/c1-3-5-6-12-7-9-13(10-8-12)14-11-4-2/h7-10,14H,3-6,11H2,1-2H3. The van der Waals surface area contributed by atoms with E-state index in [1.807, 2.05) is 0 Å². The van der Waals surface area contributed by atoms with Gasteiger partial charge in [0.2, 0.25) is 0 Å². The number of nitrogens with one attached hydrogen (secondary N) is 1. The fourth-order valence-electron chi connectivity index (χ4n) is 1.44. The first-order chi connectivity index (χ1) is 6.86. The molecule has 0 aromatic heterocycles. The summed E-state index contributed by atoms with van der Waals surface area (Å²) in [6.07, 6.45) is 4.96. The summed E-state index contributed by atoms with van der Waals surface area (Å²) in [4.78, 5) is 0. The zero-order valence-electron chi connectivity index (χ0n) is 9.34. The summed E-state index contributed by atoms with van der Waals surface area (Å²) in [5.41, 5.74) is 2.70.